The standard InChI is InChI=1S/C12H24N2/c1-2-5-12(6-7-12)10-13-8-9-14-11-3-4-11/h11,13-14H,2-10H2,1H3. The van der Waals surface area contributed by atoms with Crippen molar-refractivity contribution in [2.45, 2.75) is 51.5 Å². The van der Waals surface area contributed by atoms with Crippen molar-refractivity contribution in [3.05, 3.63) is 0 Å². The third-order valence-corrected chi connectivity index (χ3v) is 3.55. The summed E-state index contributed by atoms with van der Waals surface area (Å²) in [6.45, 7) is 5.87. The van der Waals surface area contributed by atoms with Crippen LogP contribution >= 0.6 is 0 Å². The minimum Gasteiger partial charge on any atom is -0.315 e. The molecule has 0 aromatic carbocycles. The average Bonchev–Trinajstić information content (AvgIpc) is 3.01. The lowest BCUT2D eigenvalue weighted by Gasteiger charge is -2.14. The van der Waals surface area contributed by atoms with Gasteiger partial charge in [0.05, 0.1) is 0 Å². The second kappa shape index (κ2) is 4.63. The summed E-state index contributed by atoms with van der Waals surface area (Å²) in [5, 5.41) is 7.13. The van der Waals surface area contributed by atoms with Crippen LogP contribution in [-0.4, -0.2) is 25.7 Å². The first-order valence-corrected chi connectivity index (χ1v) is 6.29. The molecule has 0 aromatic heterocycles. The fourth-order valence-electron chi connectivity index (χ4n) is 2.23. The Morgan fingerprint density at radius 2 is 2.00 bits per heavy atom. The van der Waals surface area contributed by atoms with Crippen LogP contribution in [0.3, 0.4) is 0 Å². The predicted molar refractivity (Wildman–Crippen MR) is 60.5 cm³/mol. The molecule has 0 aromatic rings. The molecule has 0 unspecified atom stereocenters. The summed E-state index contributed by atoms with van der Waals surface area (Å²) in [6.07, 6.45) is 8.51. The number of rotatable bonds is 8. The molecule has 0 bridgehead atoms. The van der Waals surface area contributed by atoms with Crippen molar-refractivity contribution >= 4 is 0 Å². The highest BCUT2D eigenvalue weighted by molar-refractivity contribution is 4.94. The smallest absolute Gasteiger partial charge is 0.00793 e. The predicted octanol–water partition coefficient (Wildman–Crippen LogP) is 1.91. The average molecular weight is 196 g/mol. The molecule has 82 valence electrons. The van der Waals surface area contributed by atoms with Crippen molar-refractivity contribution in [1.29, 1.82) is 0 Å². The van der Waals surface area contributed by atoms with Crippen LogP contribution in [-0.2, 0) is 0 Å². The third kappa shape index (κ3) is 3.25. The summed E-state index contributed by atoms with van der Waals surface area (Å²) >= 11 is 0. The van der Waals surface area contributed by atoms with Crippen molar-refractivity contribution in [3.63, 3.8) is 0 Å². The highest BCUT2D eigenvalue weighted by atomic mass is 15.0. The summed E-state index contributed by atoms with van der Waals surface area (Å²) in [4.78, 5) is 0. The normalized spacial score (nSPS) is 23.8. The van der Waals surface area contributed by atoms with E-state index in [2.05, 4.69) is 17.6 Å². The Bertz CT molecular complexity index is 171. The van der Waals surface area contributed by atoms with Crippen LogP contribution in [0.15, 0.2) is 0 Å². The number of hydrogen-bond acceptors (Lipinski definition) is 2. The van der Waals surface area contributed by atoms with E-state index in [-0.39, 0.29) is 0 Å². The molecule has 0 atom stereocenters. The van der Waals surface area contributed by atoms with E-state index in [4.69, 9.17) is 0 Å². The van der Waals surface area contributed by atoms with E-state index in [1.54, 1.807) is 0 Å². The van der Waals surface area contributed by atoms with Gasteiger partial charge in [0, 0.05) is 25.7 Å². The van der Waals surface area contributed by atoms with Gasteiger partial charge in [0.1, 0.15) is 0 Å². The molecule has 0 aliphatic heterocycles. The Balaban J connectivity index is 1.45. The molecule has 0 amide bonds. The number of nitrogens with one attached hydrogen (secondary N) is 2. The van der Waals surface area contributed by atoms with Crippen molar-refractivity contribution in [2.75, 3.05) is 19.6 Å². The largest absolute Gasteiger partial charge is 0.315 e. The molecular formula is C12H24N2. The highest BCUT2D eigenvalue weighted by Gasteiger charge is 2.40. The molecule has 0 saturated heterocycles. The van der Waals surface area contributed by atoms with Gasteiger partial charge in [-0.1, -0.05) is 13.3 Å². The minimum absolute atomic E-state index is 0.717. The van der Waals surface area contributed by atoms with E-state index in [1.165, 1.54) is 45.1 Å². The molecule has 2 saturated carbocycles. The van der Waals surface area contributed by atoms with Gasteiger partial charge in [-0.3, -0.25) is 0 Å². The molecule has 0 spiro atoms. The van der Waals surface area contributed by atoms with E-state index in [0.29, 0.717) is 5.41 Å². The molecule has 2 nitrogen and oxygen atoms in total. The zero-order valence-electron chi connectivity index (χ0n) is 9.44. The van der Waals surface area contributed by atoms with Gasteiger partial charge in [-0.25, -0.2) is 0 Å². The molecule has 2 rings (SSSR count). The molecule has 14 heavy (non-hydrogen) atoms. The first-order chi connectivity index (χ1) is 6.85. The van der Waals surface area contributed by atoms with E-state index < -0.39 is 0 Å². The molecule has 2 aliphatic rings. The summed E-state index contributed by atoms with van der Waals surface area (Å²) in [6, 6.07) is 0.863. The molecule has 2 aliphatic carbocycles. The van der Waals surface area contributed by atoms with Gasteiger partial charge >= 0.3 is 0 Å². The first kappa shape index (κ1) is 10.4. The Hall–Kier alpha value is -0.0800. The van der Waals surface area contributed by atoms with Crippen molar-refractivity contribution < 1.29 is 0 Å². The lowest BCUT2D eigenvalue weighted by Crippen LogP contribution is -2.32. The third-order valence-electron chi connectivity index (χ3n) is 3.55. The van der Waals surface area contributed by atoms with Gasteiger partial charge in [0.25, 0.3) is 0 Å². The van der Waals surface area contributed by atoms with Crippen molar-refractivity contribution in [2.24, 2.45) is 5.41 Å². The lowest BCUT2D eigenvalue weighted by molar-refractivity contribution is 0.419. The minimum atomic E-state index is 0.717. The zero-order chi connectivity index (χ0) is 9.86. The van der Waals surface area contributed by atoms with E-state index in [9.17, 15) is 0 Å². The van der Waals surface area contributed by atoms with Crippen LogP contribution in [0.1, 0.15) is 45.4 Å². The maximum Gasteiger partial charge on any atom is 0.00793 e. The van der Waals surface area contributed by atoms with Crippen LogP contribution in [0.2, 0.25) is 0 Å². The van der Waals surface area contributed by atoms with Crippen LogP contribution < -0.4 is 10.6 Å². The van der Waals surface area contributed by atoms with Gasteiger partial charge in [-0.05, 0) is 37.5 Å². The fraction of sp³-hybridized carbons (Fsp3) is 1.00. The highest BCUT2D eigenvalue weighted by Crippen LogP contribution is 2.48. The van der Waals surface area contributed by atoms with Gasteiger partial charge in [0.15, 0.2) is 0 Å². The zero-order valence-corrected chi connectivity index (χ0v) is 9.44. The summed E-state index contributed by atoms with van der Waals surface area (Å²) in [7, 11) is 0. The summed E-state index contributed by atoms with van der Waals surface area (Å²) in [5.74, 6) is 0. The number of hydrogen-bond donors (Lipinski definition) is 2. The van der Waals surface area contributed by atoms with Gasteiger partial charge in [0.2, 0.25) is 0 Å². The molecule has 2 fully saturated rings. The van der Waals surface area contributed by atoms with Gasteiger partial charge in [-0.15, -0.1) is 0 Å². The SMILES string of the molecule is CCCC1(CNCCNC2CC2)CC1. The fourth-order valence-corrected chi connectivity index (χ4v) is 2.23. The molecule has 2 heteroatoms. The molecular weight excluding hydrogens is 172 g/mol. The van der Waals surface area contributed by atoms with Gasteiger partial charge in [-0.2, -0.15) is 0 Å². The Morgan fingerprint density at radius 3 is 2.57 bits per heavy atom. The van der Waals surface area contributed by atoms with Crippen LogP contribution in [0.25, 0.3) is 0 Å². The topological polar surface area (TPSA) is 24.1 Å². The van der Waals surface area contributed by atoms with Crippen LogP contribution in [0.5, 0.6) is 0 Å². The maximum absolute atomic E-state index is 3.59. The van der Waals surface area contributed by atoms with Crippen molar-refractivity contribution in [3.8, 4) is 0 Å². The molecule has 0 radical (unpaired) electrons. The van der Waals surface area contributed by atoms with E-state index in [1.807, 2.05) is 0 Å². The Labute approximate surface area is 87.8 Å². The monoisotopic (exact) mass is 196 g/mol. The molecule has 0 heterocycles. The second-order valence-electron chi connectivity index (χ2n) is 5.16. The quantitative estimate of drug-likeness (QED) is 0.579. The van der Waals surface area contributed by atoms with E-state index >= 15 is 0 Å². The van der Waals surface area contributed by atoms with Crippen LogP contribution in [0, 0.1) is 5.41 Å². The van der Waals surface area contributed by atoms with Gasteiger partial charge < -0.3 is 10.6 Å². The Kier molecular flexibility index (Phi) is 3.45. The maximum atomic E-state index is 3.59. The van der Waals surface area contributed by atoms with E-state index in [0.717, 1.165) is 19.1 Å². The Morgan fingerprint density at radius 1 is 1.21 bits per heavy atom. The first-order valence-electron chi connectivity index (χ1n) is 6.29. The second-order valence-corrected chi connectivity index (χ2v) is 5.16. The van der Waals surface area contributed by atoms with Crippen LogP contribution in [0.4, 0.5) is 0 Å². The summed E-state index contributed by atoms with van der Waals surface area (Å²) in [5.41, 5.74) is 0.717. The summed E-state index contributed by atoms with van der Waals surface area (Å²) < 4.78 is 0. The lowest BCUT2D eigenvalue weighted by atomic mass is 10.0. The van der Waals surface area contributed by atoms with Crippen molar-refractivity contribution in [1.82, 2.24) is 10.6 Å². The molecule has 2 N–H and O–H groups in total.